The highest BCUT2D eigenvalue weighted by atomic mass is 32.2. The second kappa shape index (κ2) is 5.38. The van der Waals surface area contributed by atoms with Gasteiger partial charge in [-0.05, 0) is 43.4 Å². The number of hydrogen-bond donors (Lipinski definition) is 1. The van der Waals surface area contributed by atoms with E-state index in [9.17, 15) is 8.42 Å². The van der Waals surface area contributed by atoms with Crippen molar-refractivity contribution in [3.05, 3.63) is 29.8 Å². The quantitative estimate of drug-likeness (QED) is 0.900. The standard InChI is InChI=1S/C16H24N2O2S/c1-2-18(11-13-7-8-13)16(12-17)9-10-21(19,20)15-6-4-3-5-14(15)16/h3-6,13H,2,7-12,17H2,1H3. The van der Waals surface area contributed by atoms with Crippen molar-refractivity contribution >= 4 is 9.84 Å². The first-order valence-corrected chi connectivity index (χ1v) is 9.46. The molecule has 0 spiro atoms. The predicted octanol–water partition coefficient (Wildman–Crippen LogP) is 1.75. The lowest BCUT2D eigenvalue weighted by Crippen LogP contribution is -2.55. The summed E-state index contributed by atoms with van der Waals surface area (Å²) in [5.74, 6) is 0.960. The Hall–Kier alpha value is -0.910. The number of nitrogens with two attached hydrogens (primary N) is 1. The van der Waals surface area contributed by atoms with E-state index in [1.54, 1.807) is 12.1 Å². The number of hydrogen-bond acceptors (Lipinski definition) is 4. The van der Waals surface area contributed by atoms with Gasteiger partial charge in [0.25, 0.3) is 0 Å². The normalized spacial score (nSPS) is 27.6. The van der Waals surface area contributed by atoms with Gasteiger partial charge >= 0.3 is 0 Å². The number of likely N-dealkylation sites (N-methyl/N-ethyl adjacent to an activating group) is 1. The molecule has 1 heterocycles. The summed E-state index contributed by atoms with van der Waals surface area (Å²) in [7, 11) is -3.16. The minimum Gasteiger partial charge on any atom is -0.328 e. The molecule has 116 valence electrons. The van der Waals surface area contributed by atoms with Crippen LogP contribution in [0.1, 0.15) is 31.7 Å². The Balaban J connectivity index is 2.09. The molecule has 0 radical (unpaired) electrons. The highest BCUT2D eigenvalue weighted by Crippen LogP contribution is 2.42. The first-order chi connectivity index (χ1) is 10.0. The molecule has 4 nitrogen and oxygen atoms in total. The van der Waals surface area contributed by atoms with Crippen LogP contribution in [0.2, 0.25) is 0 Å². The van der Waals surface area contributed by atoms with E-state index in [0.29, 0.717) is 17.9 Å². The van der Waals surface area contributed by atoms with Gasteiger partial charge in [-0.15, -0.1) is 0 Å². The minimum absolute atomic E-state index is 0.197. The van der Waals surface area contributed by atoms with E-state index in [1.807, 2.05) is 12.1 Å². The van der Waals surface area contributed by atoms with E-state index in [1.165, 1.54) is 12.8 Å². The van der Waals surface area contributed by atoms with Crippen molar-refractivity contribution in [3.8, 4) is 0 Å². The average molecular weight is 308 g/mol. The van der Waals surface area contributed by atoms with Crippen LogP contribution >= 0.6 is 0 Å². The van der Waals surface area contributed by atoms with Gasteiger partial charge in [0.2, 0.25) is 0 Å². The smallest absolute Gasteiger partial charge is 0.178 e. The molecule has 1 fully saturated rings. The molecule has 21 heavy (non-hydrogen) atoms. The molecule has 1 saturated carbocycles. The first kappa shape index (κ1) is 15.0. The Bertz CT molecular complexity index is 625. The topological polar surface area (TPSA) is 63.4 Å². The molecule has 1 unspecified atom stereocenters. The number of fused-ring (bicyclic) bond motifs is 1. The molecule has 0 saturated heterocycles. The molecular weight excluding hydrogens is 284 g/mol. The molecule has 1 aliphatic heterocycles. The lowest BCUT2D eigenvalue weighted by Gasteiger charge is -2.46. The predicted molar refractivity (Wildman–Crippen MR) is 83.8 cm³/mol. The zero-order valence-corrected chi connectivity index (χ0v) is 13.4. The summed E-state index contributed by atoms with van der Waals surface area (Å²) in [5.41, 5.74) is 6.76. The molecule has 1 atom stereocenters. The molecule has 0 bridgehead atoms. The molecular formula is C16H24N2O2S. The molecule has 1 aliphatic carbocycles. The first-order valence-electron chi connectivity index (χ1n) is 7.81. The Morgan fingerprint density at radius 3 is 2.67 bits per heavy atom. The van der Waals surface area contributed by atoms with Crippen LogP contribution in [0.25, 0.3) is 0 Å². The van der Waals surface area contributed by atoms with Crippen LogP contribution in [0.3, 0.4) is 0 Å². The van der Waals surface area contributed by atoms with Gasteiger partial charge in [-0.2, -0.15) is 0 Å². The largest absolute Gasteiger partial charge is 0.328 e. The van der Waals surface area contributed by atoms with Crippen molar-refractivity contribution in [2.45, 2.75) is 36.6 Å². The zero-order valence-electron chi connectivity index (χ0n) is 12.6. The summed E-state index contributed by atoms with van der Waals surface area (Å²) >= 11 is 0. The maximum absolute atomic E-state index is 12.4. The van der Waals surface area contributed by atoms with Crippen LogP contribution in [0.15, 0.2) is 29.2 Å². The fraction of sp³-hybridized carbons (Fsp3) is 0.625. The van der Waals surface area contributed by atoms with E-state index in [-0.39, 0.29) is 11.3 Å². The van der Waals surface area contributed by atoms with Gasteiger partial charge in [0.15, 0.2) is 9.84 Å². The van der Waals surface area contributed by atoms with Crippen LogP contribution in [0, 0.1) is 5.92 Å². The van der Waals surface area contributed by atoms with E-state index in [4.69, 9.17) is 5.73 Å². The van der Waals surface area contributed by atoms with Gasteiger partial charge in [0.1, 0.15) is 0 Å². The van der Waals surface area contributed by atoms with Gasteiger partial charge < -0.3 is 5.73 Å². The van der Waals surface area contributed by atoms with Crippen molar-refractivity contribution in [1.29, 1.82) is 0 Å². The lowest BCUT2D eigenvalue weighted by atomic mass is 9.84. The van der Waals surface area contributed by atoms with Crippen molar-refractivity contribution in [3.63, 3.8) is 0 Å². The highest BCUT2D eigenvalue weighted by molar-refractivity contribution is 7.91. The van der Waals surface area contributed by atoms with Gasteiger partial charge in [-0.25, -0.2) is 8.42 Å². The number of benzene rings is 1. The number of sulfone groups is 1. The molecule has 2 N–H and O–H groups in total. The van der Waals surface area contributed by atoms with Crippen LogP contribution in [0.4, 0.5) is 0 Å². The highest BCUT2D eigenvalue weighted by Gasteiger charge is 2.45. The van der Waals surface area contributed by atoms with E-state index in [0.717, 1.165) is 24.6 Å². The molecule has 2 aliphatic rings. The van der Waals surface area contributed by atoms with Gasteiger partial charge in [-0.3, -0.25) is 4.90 Å². The van der Waals surface area contributed by atoms with Gasteiger partial charge in [-0.1, -0.05) is 25.1 Å². The maximum atomic E-state index is 12.4. The summed E-state index contributed by atoms with van der Waals surface area (Å²) in [5, 5.41) is 0. The lowest BCUT2D eigenvalue weighted by molar-refractivity contribution is 0.0836. The van der Waals surface area contributed by atoms with Crippen LogP contribution in [-0.2, 0) is 15.4 Å². The summed E-state index contributed by atoms with van der Waals surface area (Å²) in [4.78, 5) is 2.90. The molecule has 1 aromatic rings. The van der Waals surface area contributed by atoms with Crippen molar-refractivity contribution in [2.75, 3.05) is 25.4 Å². The van der Waals surface area contributed by atoms with Crippen LogP contribution in [-0.4, -0.2) is 38.7 Å². The average Bonchev–Trinajstić information content (AvgIpc) is 3.30. The fourth-order valence-corrected chi connectivity index (χ4v) is 5.26. The van der Waals surface area contributed by atoms with Crippen LogP contribution in [0.5, 0.6) is 0 Å². The summed E-state index contributed by atoms with van der Waals surface area (Å²) < 4.78 is 24.7. The fourth-order valence-electron chi connectivity index (χ4n) is 3.56. The van der Waals surface area contributed by atoms with Crippen molar-refractivity contribution in [1.82, 2.24) is 4.90 Å². The van der Waals surface area contributed by atoms with Crippen molar-refractivity contribution < 1.29 is 8.42 Å². The Morgan fingerprint density at radius 1 is 1.33 bits per heavy atom. The van der Waals surface area contributed by atoms with E-state index in [2.05, 4.69) is 11.8 Å². The number of rotatable bonds is 5. The Labute approximate surface area is 127 Å². The molecule has 1 aromatic carbocycles. The second-order valence-electron chi connectivity index (χ2n) is 6.28. The molecule has 0 aromatic heterocycles. The molecule has 0 amide bonds. The number of nitrogens with zero attached hydrogens (tertiary/aromatic N) is 1. The molecule has 3 rings (SSSR count). The van der Waals surface area contributed by atoms with Gasteiger partial charge in [0, 0.05) is 13.1 Å². The maximum Gasteiger partial charge on any atom is 0.178 e. The summed E-state index contributed by atoms with van der Waals surface area (Å²) in [6.07, 6.45) is 3.18. The van der Waals surface area contributed by atoms with E-state index >= 15 is 0 Å². The van der Waals surface area contributed by atoms with Crippen LogP contribution < -0.4 is 5.73 Å². The zero-order chi connectivity index (χ0) is 15.1. The third-order valence-corrected chi connectivity index (χ3v) is 6.78. The van der Waals surface area contributed by atoms with Gasteiger partial charge in [0.05, 0.1) is 16.2 Å². The minimum atomic E-state index is -3.16. The summed E-state index contributed by atoms with van der Waals surface area (Å²) in [6.45, 7) is 4.55. The second-order valence-corrected chi connectivity index (χ2v) is 8.36. The Kier molecular flexibility index (Phi) is 3.84. The SMILES string of the molecule is CCN(CC1CC1)C1(CN)CCS(=O)(=O)c2ccccc21. The summed E-state index contributed by atoms with van der Waals surface area (Å²) in [6, 6.07) is 7.42. The van der Waals surface area contributed by atoms with E-state index < -0.39 is 9.84 Å². The van der Waals surface area contributed by atoms with Crippen molar-refractivity contribution in [2.24, 2.45) is 11.7 Å². The Morgan fingerprint density at radius 2 is 2.05 bits per heavy atom. The molecule has 5 heteroatoms. The monoisotopic (exact) mass is 308 g/mol. The third-order valence-electron chi connectivity index (χ3n) is 5.01. The third kappa shape index (κ3) is 2.51.